The molecule has 108 valence electrons. The minimum Gasteiger partial charge on any atom is -0.466 e. The largest absolute Gasteiger partial charge is 0.466 e. The summed E-state index contributed by atoms with van der Waals surface area (Å²) in [6.45, 7) is 4.82. The first-order valence-electron chi connectivity index (χ1n) is 8.15. The number of ether oxygens (including phenoxy) is 1. The number of hydrogen-bond acceptors (Lipinski definition) is 3. The molecule has 0 spiro atoms. The lowest BCUT2D eigenvalue weighted by Gasteiger charge is -2.48. The van der Waals surface area contributed by atoms with Gasteiger partial charge in [0.1, 0.15) is 0 Å². The van der Waals surface area contributed by atoms with E-state index in [1.54, 1.807) is 0 Å². The fourth-order valence-electron chi connectivity index (χ4n) is 4.93. The molecule has 0 N–H and O–H groups in total. The van der Waals surface area contributed by atoms with Gasteiger partial charge in [-0.1, -0.05) is 12.8 Å². The fraction of sp³-hybridized carbons (Fsp3) is 0.938. The van der Waals surface area contributed by atoms with Crippen molar-refractivity contribution in [3.8, 4) is 0 Å². The van der Waals surface area contributed by atoms with Crippen molar-refractivity contribution < 1.29 is 9.53 Å². The van der Waals surface area contributed by atoms with E-state index in [2.05, 4.69) is 4.90 Å². The predicted molar refractivity (Wildman–Crippen MR) is 74.9 cm³/mol. The average Bonchev–Trinajstić information content (AvgIpc) is 3.01. The predicted octanol–water partition coefficient (Wildman–Crippen LogP) is 2.98. The van der Waals surface area contributed by atoms with E-state index in [0.29, 0.717) is 13.0 Å². The number of piperidine rings is 1. The smallest absolute Gasteiger partial charge is 0.307 e. The monoisotopic (exact) mass is 265 g/mol. The van der Waals surface area contributed by atoms with Crippen LogP contribution in [0.2, 0.25) is 0 Å². The third-order valence-electron chi connectivity index (χ3n) is 5.68. The fourth-order valence-corrected chi connectivity index (χ4v) is 4.93. The highest BCUT2D eigenvalue weighted by atomic mass is 16.5. The van der Waals surface area contributed by atoms with E-state index in [-0.39, 0.29) is 11.5 Å². The summed E-state index contributed by atoms with van der Waals surface area (Å²) in [6.07, 6.45) is 9.95. The maximum Gasteiger partial charge on any atom is 0.307 e. The normalized spacial score (nSPS) is 38.6. The van der Waals surface area contributed by atoms with Gasteiger partial charge in [0.2, 0.25) is 0 Å². The zero-order chi connectivity index (χ0) is 13.3. The van der Waals surface area contributed by atoms with Crippen molar-refractivity contribution in [3.05, 3.63) is 0 Å². The van der Waals surface area contributed by atoms with E-state index in [9.17, 15) is 4.79 Å². The molecule has 19 heavy (non-hydrogen) atoms. The van der Waals surface area contributed by atoms with Crippen molar-refractivity contribution >= 4 is 5.97 Å². The third-order valence-corrected chi connectivity index (χ3v) is 5.68. The minimum atomic E-state index is 0.0284. The average molecular weight is 265 g/mol. The summed E-state index contributed by atoms with van der Waals surface area (Å²) < 4.78 is 5.26. The van der Waals surface area contributed by atoms with Gasteiger partial charge in [-0.2, -0.15) is 0 Å². The molecule has 0 amide bonds. The molecule has 3 atom stereocenters. The van der Waals surface area contributed by atoms with Gasteiger partial charge in [0, 0.05) is 5.54 Å². The van der Waals surface area contributed by atoms with E-state index in [4.69, 9.17) is 4.74 Å². The number of nitrogens with zero attached hydrogens (tertiary/aromatic N) is 1. The zero-order valence-electron chi connectivity index (χ0n) is 12.2. The van der Waals surface area contributed by atoms with Gasteiger partial charge >= 0.3 is 5.97 Å². The number of fused-ring (bicyclic) bond motifs is 2. The first kappa shape index (κ1) is 13.4. The summed E-state index contributed by atoms with van der Waals surface area (Å²) in [5.74, 6) is 1.65. The lowest BCUT2D eigenvalue weighted by Crippen LogP contribution is -2.55. The number of likely N-dealkylation sites (tertiary alicyclic amines) is 1. The summed E-state index contributed by atoms with van der Waals surface area (Å²) in [7, 11) is 0. The molecule has 3 fully saturated rings. The van der Waals surface area contributed by atoms with Gasteiger partial charge in [-0.05, 0) is 64.0 Å². The third kappa shape index (κ3) is 2.42. The molecule has 2 aliphatic carbocycles. The van der Waals surface area contributed by atoms with E-state index in [1.807, 2.05) is 6.92 Å². The Morgan fingerprint density at radius 2 is 2.05 bits per heavy atom. The van der Waals surface area contributed by atoms with Crippen LogP contribution in [0.3, 0.4) is 0 Å². The van der Waals surface area contributed by atoms with Gasteiger partial charge in [0.15, 0.2) is 0 Å². The van der Waals surface area contributed by atoms with Crippen LogP contribution in [0.4, 0.5) is 0 Å². The zero-order valence-corrected chi connectivity index (χ0v) is 12.2. The molecule has 1 aliphatic heterocycles. The molecule has 3 rings (SSSR count). The van der Waals surface area contributed by atoms with Crippen molar-refractivity contribution in [2.75, 3.05) is 19.7 Å². The van der Waals surface area contributed by atoms with E-state index >= 15 is 0 Å². The molecule has 3 heteroatoms. The molecule has 3 nitrogen and oxygen atoms in total. The van der Waals surface area contributed by atoms with Gasteiger partial charge in [0.25, 0.3) is 0 Å². The van der Waals surface area contributed by atoms with Crippen molar-refractivity contribution in [2.24, 2.45) is 11.8 Å². The Bertz CT molecular complexity index is 338. The highest BCUT2D eigenvalue weighted by Gasteiger charge is 2.55. The topological polar surface area (TPSA) is 29.5 Å². The molecular weight excluding hydrogens is 238 g/mol. The second-order valence-electron chi connectivity index (χ2n) is 6.71. The van der Waals surface area contributed by atoms with Crippen molar-refractivity contribution in [1.29, 1.82) is 0 Å². The van der Waals surface area contributed by atoms with Gasteiger partial charge in [-0.3, -0.25) is 9.69 Å². The van der Waals surface area contributed by atoms with Crippen LogP contribution in [-0.4, -0.2) is 36.1 Å². The van der Waals surface area contributed by atoms with Crippen LogP contribution in [0, 0.1) is 11.8 Å². The Balaban J connectivity index is 1.77. The molecule has 1 heterocycles. The summed E-state index contributed by atoms with van der Waals surface area (Å²) in [5, 5.41) is 0. The standard InChI is InChI=1S/C16H27NO2/c1-2-19-15(18)12-16(17-8-4-3-5-9-17)11-13-6-7-14(16)10-13/h13-14H,2-12H2,1H3. The Labute approximate surface area is 116 Å². The minimum absolute atomic E-state index is 0.0284. The highest BCUT2D eigenvalue weighted by molar-refractivity contribution is 5.71. The molecule has 0 aromatic rings. The van der Waals surface area contributed by atoms with Gasteiger partial charge in [0.05, 0.1) is 13.0 Å². The van der Waals surface area contributed by atoms with Crippen LogP contribution in [0.1, 0.15) is 58.3 Å². The van der Waals surface area contributed by atoms with Crippen LogP contribution < -0.4 is 0 Å². The number of hydrogen-bond donors (Lipinski definition) is 0. The van der Waals surface area contributed by atoms with Gasteiger partial charge < -0.3 is 4.74 Å². The Morgan fingerprint density at radius 3 is 2.63 bits per heavy atom. The summed E-state index contributed by atoms with van der Waals surface area (Å²) in [6, 6.07) is 0. The van der Waals surface area contributed by atoms with Gasteiger partial charge in [-0.15, -0.1) is 0 Å². The summed E-state index contributed by atoms with van der Waals surface area (Å²) in [4.78, 5) is 14.7. The maximum absolute atomic E-state index is 12.1. The Kier molecular flexibility index (Phi) is 3.84. The van der Waals surface area contributed by atoms with Crippen molar-refractivity contribution in [1.82, 2.24) is 4.90 Å². The molecular formula is C16H27NO2. The van der Waals surface area contributed by atoms with E-state index in [0.717, 1.165) is 11.8 Å². The molecule has 1 saturated heterocycles. The first-order valence-corrected chi connectivity index (χ1v) is 8.15. The van der Waals surface area contributed by atoms with E-state index in [1.165, 1.54) is 58.0 Å². The SMILES string of the molecule is CCOC(=O)CC1(N2CCCCC2)CC2CCC1C2. The Hall–Kier alpha value is -0.570. The molecule has 0 aromatic carbocycles. The quantitative estimate of drug-likeness (QED) is 0.732. The second-order valence-corrected chi connectivity index (χ2v) is 6.71. The van der Waals surface area contributed by atoms with E-state index < -0.39 is 0 Å². The molecule has 3 unspecified atom stereocenters. The molecule has 2 bridgehead atoms. The maximum atomic E-state index is 12.1. The van der Waals surface area contributed by atoms with Crippen LogP contribution in [-0.2, 0) is 9.53 Å². The second kappa shape index (κ2) is 5.43. The number of carbonyl (C=O) groups is 1. The number of carbonyl (C=O) groups excluding carboxylic acids is 1. The van der Waals surface area contributed by atoms with Gasteiger partial charge in [-0.25, -0.2) is 0 Å². The summed E-state index contributed by atoms with van der Waals surface area (Å²) in [5.41, 5.74) is 0.162. The van der Waals surface area contributed by atoms with Crippen LogP contribution >= 0.6 is 0 Å². The lowest BCUT2D eigenvalue weighted by atomic mass is 9.76. The molecule has 0 aromatic heterocycles. The van der Waals surface area contributed by atoms with Crippen LogP contribution in [0.25, 0.3) is 0 Å². The van der Waals surface area contributed by atoms with Crippen molar-refractivity contribution in [2.45, 2.75) is 63.8 Å². The highest BCUT2D eigenvalue weighted by Crippen LogP contribution is 2.55. The summed E-state index contributed by atoms with van der Waals surface area (Å²) >= 11 is 0. The number of rotatable bonds is 4. The Morgan fingerprint density at radius 1 is 1.26 bits per heavy atom. The molecule has 3 aliphatic rings. The number of esters is 1. The molecule has 2 saturated carbocycles. The van der Waals surface area contributed by atoms with Crippen molar-refractivity contribution in [3.63, 3.8) is 0 Å². The molecule has 0 radical (unpaired) electrons. The van der Waals surface area contributed by atoms with Crippen LogP contribution in [0.15, 0.2) is 0 Å². The first-order chi connectivity index (χ1) is 9.24. The van der Waals surface area contributed by atoms with Crippen LogP contribution in [0.5, 0.6) is 0 Å². The lowest BCUT2D eigenvalue weighted by molar-refractivity contribution is -0.148.